The Morgan fingerprint density at radius 1 is 1.11 bits per heavy atom. The molecule has 1 aromatic heterocycles. The van der Waals surface area contributed by atoms with Gasteiger partial charge >= 0.3 is 6.01 Å². The van der Waals surface area contributed by atoms with Gasteiger partial charge in [0, 0.05) is 12.0 Å². The van der Waals surface area contributed by atoms with Gasteiger partial charge in [-0.2, -0.15) is 4.98 Å². The highest BCUT2D eigenvalue weighted by atomic mass is 16.5. The van der Waals surface area contributed by atoms with Crippen molar-refractivity contribution in [2.24, 2.45) is 0 Å². The van der Waals surface area contributed by atoms with Crippen LogP contribution in [0.3, 0.4) is 0 Å². The van der Waals surface area contributed by atoms with Crippen molar-refractivity contribution in [3.63, 3.8) is 0 Å². The van der Waals surface area contributed by atoms with Gasteiger partial charge in [0.1, 0.15) is 0 Å². The van der Waals surface area contributed by atoms with Gasteiger partial charge in [-0.05, 0) is 40.2 Å². The third-order valence-electron chi connectivity index (χ3n) is 2.59. The number of nitrogens with one attached hydrogen (secondary N) is 1. The standard InChI is InChI=1S/C15H21N3O/c1-10-6-11(2)8-12(7-10)9-13-16-14(19-18-13)17-15(3,4)5/h6-8H,9H2,1-5H3,(H,16,17,18). The van der Waals surface area contributed by atoms with E-state index in [-0.39, 0.29) is 5.54 Å². The van der Waals surface area contributed by atoms with Gasteiger partial charge in [0.15, 0.2) is 5.82 Å². The summed E-state index contributed by atoms with van der Waals surface area (Å²) in [6.45, 7) is 10.4. The summed E-state index contributed by atoms with van der Waals surface area (Å²) in [4.78, 5) is 4.36. The number of hydrogen-bond acceptors (Lipinski definition) is 4. The quantitative estimate of drug-likeness (QED) is 0.916. The average Bonchev–Trinajstić information content (AvgIpc) is 2.60. The Bertz CT molecular complexity index is 547. The molecule has 1 N–H and O–H groups in total. The van der Waals surface area contributed by atoms with Crippen LogP contribution in [-0.2, 0) is 6.42 Å². The van der Waals surface area contributed by atoms with Gasteiger partial charge in [-0.1, -0.05) is 34.5 Å². The lowest BCUT2D eigenvalue weighted by atomic mass is 10.1. The van der Waals surface area contributed by atoms with Crippen molar-refractivity contribution in [2.45, 2.75) is 46.6 Å². The van der Waals surface area contributed by atoms with Gasteiger partial charge in [-0.3, -0.25) is 0 Å². The van der Waals surface area contributed by atoms with E-state index in [0.717, 1.165) is 0 Å². The summed E-state index contributed by atoms with van der Waals surface area (Å²) >= 11 is 0. The molecule has 0 amide bonds. The monoisotopic (exact) mass is 259 g/mol. The van der Waals surface area contributed by atoms with E-state index in [2.05, 4.69) is 68.3 Å². The summed E-state index contributed by atoms with van der Waals surface area (Å²) in [5, 5.41) is 7.18. The van der Waals surface area contributed by atoms with E-state index >= 15 is 0 Å². The van der Waals surface area contributed by atoms with Crippen LogP contribution in [0.2, 0.25) is 0 Å². The number of anilines is 1. The van der Waals surface area contributed by atoms with E-state index < -0.39 is 0 Å². The van der Waals surface area contributed by atoms with Gasteiger partial charge in [-0.25, -0.2) is 0 Å². The van der Waals surface area contributed by atoms with Gasteiger partial charge in [0.2, 0.25) is 0 Å². The Morgan fingerprint density at radius 3 is 2.32 bits per heavy atom. The van der Waals surface area contributed by atoms with Crippen LogP contribution in [0.25, 0.3) is 0 Å². The van der Waals surface area contributed by atoms with Gasteiger partial charge in [0.25, 0.3) is 0 Å². The maximum absolute atomic E-state index is 5.20. The summed E-state index contributed by atoms with van der Waals surface area (Å²) in [7, 11) is 0. The fourth-order valence-corrected chi connectivity index (χ4v) is 2.05. The van der Waals surface area contributed by atoms with Crippen molar-refractivity contribution in [3.8, 4) is 0 Å². The van der Waals surface area contributed by atoms with Crippen LogP contribution in [0, 0.1) is 13.8 Å². The van der Waals surface area contributed by atoms with Crippen LogP contribution in [0.4, 0.5) is 6.01 Å². The number of aromatic nitrogens is 2. The molecule has 0 unspecified atom stereocenters. The van der Waals surface area contributed by atoms with E-state index in [9.17, 15) is 0 Å². The minimum absolute atomic E-state index is 0.0796. The van der Waals surface area contributed by atoms with Crippen LogP contribution < -0.4 is 5.32 Å². The Balaban J connectivity index is 2.11. The molecule has 4 nitrogen and oxygen atoms in total. The summed E-state index contributed by atoms with van der Waals surface area (Å²) in [6.07, 6.45) is 0.692. The third-order valence-corrected chi connectivity index (χ3v) is 2.59. The fraction of sp³-hybridized carbons (Fsp3) is 0.467. The molecule has 1 aromatic carbocycles. The van der Waals surface area contributed by atoms with Gasteiger partial charge in [-0.15, -0.1) is 0 Å². The first-order chi connectivity index (χ1) is 8.82. The second-order valence-electron chi connectivity index (χ2n) is 6.06. The summed E-state index contributed by atoms with van der Waals surface area (Å²) in [5.41, 5.74) is 3.64. The van der Waals surface area contributed by atoms with Crippen molar-refractivity contribution in [3.05, 3.63) is 40.7 Å². The van der Waals surface area contributed by atoms with Gasteiger partial charge < -0.3 is 9.84 Å². The highest BCUT2D eigenvalue weighted by Crippen LogP contribution is 2.15. The predicted molar refractivity (Wildman–Crippen MR) is 76.4 cm³/mol. The molecule has 0 radical (unpaired) electrons. The molecule has 1 heterocycles. The van der Waals surface area contributed by atoms with Crippen molar-refractivity contribution in [1.82, 2.24) is 10.1 Å². The van der Waals surface area contributed by atoms with Crippen LogP contribution in [0.5, 0.6) is 0 Å². The molecular weight excluding hydrogens is 238 g/mol. The van der Waals surface area contributed by atoms with Crippen LogP contribution >= 0.6 is 0 Å². The molecule has 19 heavy (non-hydrogen) atoms. The summed E-state index contributed by atoms with van der Waals surface area (Å²) in [6, 6.07) is 6.94. The lowest BCUT2D eigenvalue weighted by Crippen LogP contribution is -2.26. The Kier molecular flexibility index (Phi) is 3.60. The number of nitrogens with zero attached hydrogens (tertiary/aromatic N) is 2. The number of rotatable bonds is 3. The number of benzene rings is 1. The van der Waals surface area contributed by atoms with Crippen molar-refractivity contribution < 1.29 is 4.52 Å². The zero-order chi connectivity index (χ0) is 14.0. The summed E-state index contributed by atoms with van der Waals surface area (Å²) in [5.74, 6) is 0.705. The minimum Gasteiger partial charge on any atom is -0.333 e. The molecule has 2 aromatic rings. The molecule has 0 saturated heterocycles. The zero-order valence-electron chi connectivity index (χ0n) is 12.2. The highest BCUT2D eigenvalue weighted by molar-refractivity contribution is 5.31. The van der Waals surface area contributed by atoms with E-state index in [4.69, 9.17) is 4.52 Å². The molecule has 102 valence electrons. The molecule has 0 aliphatic heterocycles. The fourth-order valence-electron chi connectivity index (χ4n) is 2.05. The largest absolute Gasteiger partial charge is 0.333 e. The first kappa shape index (κ1) is 13.6. The number of aryl methyl sites for hydroxylation is 2. The van der Waals surface area contributed by atoms with E-state index in [1.165, 1.54) is 16.7 Å². The lowest BCUT2D eigenvalue weighted by Gasteiger charge is -2.17. The molecular formula is C15H21N3O. The smallest absolute Gasteiger partial charge is 0.321 e. The average molecular weight is 259 g/mol. The molecule has 0 aliphatic carbocycles. The second-order valence-corrected chi connectivity index (χ2v) is 6.06. The zero-order valence-corrected chi connectivity index (χ0v) is 12.2. The van der Waals surface area contributed by atoms with Crippen LogP contribution in [0.15, 0.2) is 22.7 Å². The molecule has 0 saturated carbocycles. The lowest BCUT2D eigenvalue weighted by molar-refractivity contribution is 0.413. The Labute approximate surface area is 114 Å². The maximum Gasteiger partial charge on any atom is 0.321 e. The van der Waals surface area contributed by atoms with Crippen LogP contribution in [0.1, 0.15) is 43.3 Å². The van der Waals surface area contributed by atoms with Crippen molar-refractivity contribution >= 4 is 6.01 Å². The molecule has 0 atom stereocenters. The van der Waals surface area contributed by atoms with Crippen molar-refractivity contribution in [2.75, 3.05) is 5.32 Å². The van der Waals surface area contributed by atoms with E-state index in [0.29, 0.717) is 18.3 Å². The van der Waals surface area contributed by atoms with Crippen LogP contribution in [-0.4, -0.2) is 15.7 Å². The first-order valence-electron chi connectivity index (χ1n) is 6.50. The van der Waals surface area contributed by atoms with Crippen molar-refractivity contribution in [1.29, 1.82) is 0 Å². The predicted octanol–water partition coefficient (Wildman–Crippen LogP) is 3.49. The maximum atomic E-state index is 5.20. The van der Waals surface area contributed by atoms with E-state index in [1.54, 1.807) is 0 Å². The van der Waals surface area contributed by atoms with E-state index in [1.807, 2.05) is 0 Å². The SMILES string of the molecule is Cc1cc(C)cc(Cc2noc(NC(C)(C)C)n2)c1. The normalized spacial score (nSPS) is 11.6. The highest BCUT2D eigenvalue weighted by Gasteiger charge is 2.14. The summed E-state index contributed by atoms with van der Waals surface area (Å²) < 4.78 is 5.20. The molecule has 4 heteroatoms. The molecule has 0 fully saturated rings. The Hall–Kier alpha value is -1.84. The molecule has 0 aliphatic rings. The second kappa shape index (κ2) is 5.03. The molecule has 0 bridgehead atoms. The minimum atomic E-state index is -0.0796. The third kappa shape index (κ3) is 4.09. The topological polar surface area (TPSA) is 51.0 Å². The number of hydrogen-bond donors (Lipinski definition) is 1. The molecule has 2 rings (SSSR count). The molecule has 0 spiro atoms. The first-order valence-corrected chi connectivity index (χ1v) is 6.50. The Morgan fingerprint density at radius 2 is 1.74 bits per heavy atom. The van der Waals surface area contributed by atoms with Gasteiger partial charge in [0.05, 0.1) is 0 Å².